The van der Waals surface area contributed by atoms with E-state index in [1.54, 1.807) is 26.0 Å². The van der Waals surface area contributed by atoms with Crippen LogP contribution >= 0.6 is 0 Å². The Balaban J connectivity index is 2.55. The molecule has 4 N–H and O–H groups in total. The van der Waals surface area contributed by atoms with E-state index in [0.29, 0.717) is 60.0 Å². The van der Waals surface area contributed by atoms with Crippen LogP contribution in [0.3, 0.4) is 0 Å². The Hall–Kier alpha value is -5.34. The van der Waals surface area contributed by atoms with E-state index in [0.717, 1.165) is 5.57 Å². The molecule has 0 aliphatic rings. The van der Waals surface area contributed by atoms with Crippen LogP contribution in [0.2, 0.25) is 0 Å². The summed E-state index contributed by atoms with van der Waals surface area (Å²) in [6.45, 7) is 6.61. The number of allylic oxidation sites excluding steroid dienone is 3. The van der Waals surface area contributed by atoms with Crippen LogP contribution in [0.4, 0.5) is 0 Å². The van der Waals surface area contributed by atoms with Gasteiger partial charge in [-0.05, 0) is 58.4 Å². The van der Waals surface area contributed by atoms with Crippen LogP contribution < -0.4 is 0 Å². The summed E-state index contributed by atoms with van der Waals surface area (Å²) in [7, 11) is 0. The zero-order valence-electron chi connectivity index (χ0n) is 28.3. The van der Waals surface area contributed by atoms with Crippen molar-refractivity contribution < 1.29 is 39.6 Å². The highest BCUT2D eigenvalue weighted by Gasteiger charge is 2.19. The fourth-order valence-electron chi connectivity index (χ4n) is 5.11. The third-order valence-electron chi connectivity index (χ3n) is 6.85. The van der Waals surface area contributed by atoms with Gasteiger partial charge in [-0.15, -0.1) is 11.8 Å². The van der Waals surface area contributed by atoms with Crippen molar-refractivity contribution in [3.05, 3.63) is 82.0 Å². The Morgan fingerprint density at radius 1 is 0.633 bits per heavy atom. The molecular formula is C36H43N5O8. The highest BCUT2D eigenvalue weighted by Crippen LogP contribution is 2.17. The molecule has 0 bridgehead atoms. The summed E-state index contributed by atoms with van der Waals surface area (Å²) in [5.74, 6) is 7.14. The van der Waals surface area contributed by atoms with Gasteiger partial charge in [0.25, 0.3) is 0 Å². The molecule has 13 heteroatoms. The van der Waals surface area contributed by atoms with Crippen LogP contribution in [0.5, 0.6) is 0 Å². The molecule has 2 rings (SSSR count). The molecular weight excluding hydrogens is 630 g/mol. The molecule has 0 spiro atoms. The number of carbonyl (C=O) groups is 4. The van der Waals surface area contributed by atoms with Crippen LogP contribution in [-0.4, -0.2) is 102 Å². The quantitative estimate of drug-likeness (QED) is 0.119. The molecule has 0 aromatic carbocycles. The van der Waals surface area contributed by atoms with E-state index in [4.69, 9.17) is 9.97 Å². The van der Waals surface area contributed by atoms with E-state index in [1.807, 2.05) is 44.2 Å². The number of carboxylic acids is 4. The number of pyridine rings is 2. The summed E-state index contributed by atoms with van der Waals surface area (Å²) in [6.07, 6.45) is 6.71. The molecule has 0 unspecified atom stereocenters. The lowest BCUT2D eigenvalue weighted by Gasteiger charge is -2.24. The summed E-state index contributed by atoms with van der Waals surface area (Å²) in [6, 6.07) is 7.10. The lowest BCUT2D eigenvalue weighted by Crippen LogP contribution is -2.34. The van der Waals surface area contributed by atoms with Crippen molar-refractivity contribution in [2.24, 2.45) is 0 Å². The second-order valence-corrected chi connectivity index (χ2v) is 11.1. The Kier molecular flexibility index (Phi) is 16.9. The smallest absolute Gasteiger partial charge is 0.317 e. The minimum absolute atomic E-state index is 0.0132. The molecule has 0 radical (unpaired) electrons. The number of hydrogen-bond acceptors (Lipinski definition) is 9. The summed E-state index contributed by atoms with van der Waals surface area (Å²) >= 11 is 0. The van der Waals surface area contributed by atoms with Crippen molar-refractivity contribution in [3.8, 4) is 23.7 Å². The molecule has 0 atom stereocenters. The minimum Gasteiger partial charge on any atom is -0.480 e. The topological polar surface area (TPSA) is 185 Å². The van der Waals surface area contributed by atoms with Crippen LogP contribution in [-0.2, 0) is 45.4 Å². The van der Waals surface area contributed by atoms with E-state index in [1.165, 1.54) is 9.80 Å². The highest BCUT2D eigenvalue weighted by molar-refractivity contribution is 5.73. The van der Waals surface area contributed by atoms with E-state index >= 15 is 0 Å². The first kappa shape index (κ1) is 39.8. The lowest BCUT2D eigenvalue weighted by atomic mass is 10.1. The van der Waals surface area contributed by atoms with Gasteiger partial charge in [0.15, 0.2) is 0 Å². The summed E-state index contributed by atoms with van der Waals surface area (Å²) in [5, 5.41) is 37.3. The monoisotopic (exact) mass is 673 g/mol. The van der Waals surface area contributed by atoms with Crippen molar-refractivity contribution >= 4 is 23.9 Å². The van der Waals surface area contributed by atoms with Gasteiger partial charge in [0.1, 0.15) is 0 Å². The van der Waals surface area contributed by atoms with Gasteiger partial charge in [0.05, 0.1) is 49.0 Å². The zero-order chi connectivity index (χ0) is 36.3. The van der Waals surface area contributed by atoms with E-state index < -0.39 is 50.1 Å². The maximum Gasteiger partial charge on any atom is 0.317 e. The molecule has 2 aromatic heterocycles. The number of carboxylic acid groups (broad SMARTS) is 4. The standard InChI is InChI=1S/C36H43N5O8/c1-5-9-26(8-4)12-13-39(18-29-14-27(10-6-2)16-31(37-29)20-40(22-33(42)43)23-34(44)45)19-30-15-28(11-7-3)17-32(38-30)21-41(24-35(46)47)25-36(48)49/h5,8-9,14-17H,12-13,18-25H2,1-4H3,(H,42,43)(H,44,45)(H,46,47)(H,48,49)/b9-5-,26-8+. The van der Waals surface area contributed by atoms with Gasteiger partial charge in [-0.2, -0.15) is 0 Å². The second-order valence-electron chi connectivity index (χ2n) is 11.1. The average molecular weight is 674 g/mol. The Labute approximate surface area is 286 Å². The van der Waals surface area contributed by atoms with Crippen molar-refractivity contribution in [1.29, 1.82) is 0 Å². The van der Waals surface area contributed by atoms with Crippen LogP contribution in [0.15, 0.2) is 48.1 Å². The normalized spacial score (nSPS) is 11.4. The van der Waals surface area contributed by atoms with Crippen molar-refractivity contribution in [2.75, 3.05) is 32.7 Å². The predicted molar refractivity (Wildman–Crippen MR) is 182 cm³/mol. The Morgan fingerprint density at radius 3 is 1.27 bits per heavy atom. The second kappa shape index (κ2) is 20.8. The maximum atomic E-state index is 11.4. The number of hydrogen-bond donors (Lipinski definition) is 4. The summed E-state index contributed by atoms with van der Waals surface area (Å²) in [4.78, 5) is 59.9. The molecule has 0 saturated heterocycles. The van der Waals surface area contributed by atoms with Gasteiger partial charge in [-0.1, -0.05) is 35.6 Å². The van der Waals surface area contributed by atoms with Crippen LogP contribution in [0.25, 0.3) is 0 Å². The van der Waals surface area contributed by atoms with Crippen LogP contribution in [0.1, 0.15) is 68.0 Å². The number of nitrogens with zero attached hydrogens (tertiary/aromatic N) is 5. The largest absolute Gasteiger partial charge is 0.480 e. The Bertz CT molecular complexity index is 1540. The maximum absolute atomic E-state index is 11.4. The SMILES string of the molecule is CC#Cc1cc(CN(CC(=O)O)CC(=O)O)nc(CN(CCC(/C=C\C)=C/C)Cc2cc(C#CC)cc(CN(CC(=O)O)CC(=O)O)n2)c1. The third kappa shape index (κ3) is 15.9. The van der Waals surface area contributed by atoms with Gasteiger partial charge < -0.3 is 20.4 Å². The first-order valence-electron chi connectivity index (χ1n) is 15.5. The van der Waals surface area contributed by atoms with Gasteiger partial charge in [-0.3, -0.25) is 43.8 Å². The van der Waals surface area contributed by atoms with E-state index in [9.17, 15) is 39.6 Å². The average Bonchev–Trinajstić information content (AvgIpc) is 2.98. The first-order chi connectivity index (χ1) is 23.3. The van der Waals surface area contributed by atoms with Gasteiger partial charge >= 0.3 is 23.9 Å². The van der Waals surface area contributed by atoms with Crippen molar-refractivity contribution in [3.63, 3.8) is 0 Å². The zero-order valence-corrected chi connectivity index (χ0v) is 28.3. The van der Waals surface area contributed by atoms with Gasteiger partial charge in [-0.25, -0.2) is 0 Å². The van der Waals surface area contributed by atoms with Gasteiger partial charge in [0.2, 0.25) is 0 Å². The molecule has 260 valence electrons. The first-order valence-corrected chi connectivity index (χ1v) is 15.5. The van der Waals surface area contributed by atoms with Crippen molar-refractivity contribution in [1.82, 2.24) is 24.7 Å². The number of aliphatic carboxylic acids is 4. The molecule has 13 nitrogen and oxygen atoms in total. The number of aromatic nitrogens is 2. The number of rotatable bonds is 20. The molecule has 0 saturated carbocycles. The molecule has 0 aliphatic heterocycles. The van der Waals surface area contributed by atoms with Gasteiger partial charge in [0, 0.05) is 43.9 Å². The summed E-state index contributed by atoms with van der Waals surface area (Å²) < 4.78 is 0. The molecule has 2 heterocycles. The third-order valence-corrected chi connectivity index (χ3v) is 6.85. The summed E-state index contributed by atoms with van der Waals surface area (Å²) in [5.41, 5.74) is 4.61. The molecule has 0 aliphatic carbocycles. The van der Waals surface area contributed by atoms with E-state index in [-0.39, 0.29) is 13.1 Å². The molecule has 0 amide bonds. The molecule has 0 fully saturated rings. The molecule has 49 heavy (non-hydrogen) atoms. The molecule has 2 aromatic rings. The Morgan fingerprint density at radius 2 is 0.980 bits per heavy atom. The van der Waals surface area contributed by atoms with Crippen molar-refractivity contribution in [2.45, 2.75) is 60.3 Å². The fourth-order valence-corrected chi connectivity index (χ4v) is 5.11. The lowest BCUT2D eigenvalue weighted by molar-refractivity contribution is -0.144. The van der Waals surface area contributed by atoms with E-state index in [2.05, 4.69) is 28.6 Å². The predicted octanol–water partition coefficient (Wildman–Crippen LogP) is 3.08. The minimum atomic E-state index is -1.16. The fraction of sp³-hybridized carbons (Fsp3) is 0.389. The highest BCUT2D eigenvalue weighted by atomic mass is 16.4. The van der Waals surface area contributed by atoms with Crippen LogP contribution in [0, 0.1) is 23.7 Å².